The molecule has 14 heavy (non-hydrogen) atoms. The first-order valence-electron chi connectivity index (χ1n) is 4.97. The third-order valence-electron chi connectivity index (χ3n) is 2.81. The minimum Gasteiger partial charge on any atom is -0.391 e. The molecule has 0 saturated heterocycles. The Morgan fingerprint density at radius 2 is 2.43 bits per heavy atom. The third-order valence-corrected chi connectivity index (χ3v) is 3.90. The standard InChI is InChI=1S/C10H16N2OS/c1-7-3-8(7)5-12(2)10-11-4-9(6-13)14-10/h4,7-8,13H,3,5-6H2,1-2H3. The monoisotopic (exact) mass is 212 g/mol. The first-order valence-corrected chi connectivity index (χ1v) is 5.79. The maximum atomic E-state index is 8.92. The largest absolute Gasteiger partial charge is 0.391 e. The van der Waals surface area contributed by atoms with Gasteiger partial charge in [0, 0.05) is 19.8 Å². The van der Waals surface area contributed by atoms with Gasteiger partial charge in [0.2, 0.25) is 0 Å². The molecule has 1 aliphatic rings. The number of aliphatic hydroxyl groups is 1. The highest BCUT2D eigenvalue weighted by Gasteiger charge is 2.33. The Morgan fingerprint density at radius 3 is 2.93 bits per heavy atom. The molecule has 0 spiro atoms. The predicted molar refractivity (Wildman–Crippen MR) is 58.6 cm³/mol. The molecule has 4 heteroatoms. The SMILES string of the molecule is CC1CC1CN(C)c1ncc(CO)s1. The number of aromatic nitrogens is 1. The van der Waals surface area contributed by atoms with Gasteiger partial charge in [-0.3, -0.25) is 0 Å². The van der Waals surface area contributed by atoms with Crippen molar-refractivity contribution in [2.45, 2.75) is 20.0 Å². The van der Waals surface area contributed by atoms with Crippen molar-refractivity contribution in [1.82, 2.24) is 4.98 Å². The minimum atomic E-state index is 0.103. The van der Waals surface area contributed by atoms with E-state index in [4.69, 9.17) is 5.11 Å². The lowest BCUT2D eigenvalue weighted by molar-refractivity contribution is 0.285. The van der Waals surface area contributed by atoms with Crippen LogP contribution in [0.4, 0.5) is 5.13 Å². The van der Waals surface area contributed by atoms with Crippen molar-refractivity contribution >= 4 is 16.5 Å². The van der Waals surface area contributed by atoms with Crippen LogP contribution in [0, 0.1) is 11.8 Å². The Kier molecular flexibility index (Phi) is 2.74. The summed E-state index contributed by atoms with van der Waals surface area (Å²) in [5.41, 5.74) is 0. The molecule has 1 heterocycles. The van der Waals surface area contributed by atoms with E-state index in [1.807, 2.05) is 0 Å². The van der Waals surface area contributed by atoms with Gasteiger partial charge in [-0.25, -0.2) is 4.98 Å². The van der Waals surface area contributed by atoms with Crippen LogP contribution in [0.2, 0.25) is 0 Å². The van der Waals surface area contributed by atoms with Crippen molar-refractivity contribution in [3.05, 3.63) is 11.1 Å². The van der Waals surface area contributed by atoms with E-state index in [9.17, 15) is 0 Å². The van der Waals surface area contributed by atoms with E-state index in [1.54, 1.807) is 17.5 Å². The molecule has 0 radical (unpaired) electrons. The summed E-state index contributed by atoms with van der Waals surface area (Å²) < 4.78 is 0. The van der Waals surface area contributed by atoms with Gasteiger partial charge >= 0.3 is 0 Å². The van der Waals surface area contributed by atoms with Crippen LogP contribution < -0.4 is 4.90 Å². The van der Waals surface area contributed by atoms with E-state index in [-0.39, 0.29) is 6.61 Å². The highest BCUT2D eigenvalue weighted by molar-refractivity contribution is 7.15. The Labute approximate surface area is 88.4 Å². The van der Waals surface area contributed by atoms with E-state index < -0.39 is 0 Å². The maximum Gasteiger partial charge on any atom is 0.185 e. The highest BCUT2D eigenvalue weighted by Crippen LogP contribution is 2.39. The zero-order valence-electron chi connectivity index (χ0n) is 8.60. The van der Waals surface area contributed by atoms with Crippen molar-refractivity contribution in [2.75, 3.05) is 18.5 Å². The second-order valence-corrected chi connectivity index (χ2v) is 5.21. The van der Waals surface area contributed by atoms with Crippen molar-refractivity contribution < 1.29 is 5.11 Å². The van der Waals surface area contributed by atoms with Gasteiger partial charge < -0.3 is 10.0 Å². The predicted octanol–water partition coefficient (Wildman–Crippen LogP) is 1.73. The molecular weight excluding hydrogens is 196 g/mol. The molecule has 1 fully saturated rings. The van der Waals surface area contributed by atoms with Gasteiger partial charge in [-0.2, -0.15) is 0 Å². The first kappa shape index (κ1) is 9.93. The Balaban J connectivity index is 1.93. The summed E-state index contributed by atoms with van der Waals surface area (Å²) in [4.78, 5) is 7.41. The Bertz CT molecular complexity index is 313. The molecule has 0 aliphatic heterocycles. The summed E-state index contributed by atoms with van der Waals surface area (Å²) in [7, 11) is 2.07. The van der Waals surface area contributed by atoms with Crippen LogP contribution in [0.5, 0.6) is 0 Å². The van der Waals surface area contributed by atoms with Crippen molar-refractivity contribution in [2.24, 2.45) is 11.8 Å². The molecule has 1 saturated carbocycles. The number of aliphatic hydroxyl groups excluding tert-OH is 1. The normalized spacial score (nSPS) is 25.1. The quantitative estimate of drug-likeness (QED) is 0.825. The van der Waals surface area contributed by atoms with E-state index in [0.717, 1.165) is 28.4 Å². The number of anilines is 1. The molecule has 2 rings (SSSR count). The van der Waals surface area contributed by atoms with Crippen LogP contribution in [0.1, 0.15) is 18.2 Å². The molecule has 0 bridgehead atoms. The van der Waals surface area contributed by atoms with Gasteiger partial charge in [-0.15, -0.1) is 0 Å². The summed E-state index contributed by atoms with van der Waals surface area (Å²) in [5.74, 6) is 1.73. The van der Waals surface area contributed by atoms with E-state index in [0.29, 0.717) is 0 Å². The number of rotatable bonds is 4. The maximum absolute atomic E-state index is 8.92. The van der Waals surface area contributed by atoms with Crippen LogP contribution in [0.15, 0.2) is 6.20 Å². The fraction of sp³-hybridized carbons (Fsp3) is 0.700. The summed E-state index contributed by atoms with van der Waals surface area (Å²) in [6.07, 6.45) is 3.11. The van der Waals surface area contributed by atoms with Gasteiger partial charge in [0.05, 0.1) is 11.5 Å². The smallest absolute Gasteiger partial charge is 0.185 e. The highest BCUT2D eigenvalue weighted by atomic mass is 32.1. The molecular formula is C10H16N2OS. The number of nitrogens with zero attached hydrogens (tertiary/aromatic N) is 2. The van der Waals surface area contributed by atoms with Crippen LogP contribution in [0.3, 0.4) is 0 Å². The Morgan fingerprint density at radius 1 is 1.71 bits per heavy atom. The molecule has 1 aromatic rings. The van der Waals surface area contributed by atoms with Gasteiger partial charge in [0.15, 0.2) is 5.13 Å². The molecule has 2 unspecified atom stereocenters. The average molecular weight is 212 g/mol. The molecule has 1 N–H and O–H groups in total. The zero-order valence-corrected chi connectivity index (χ0v) is 9.42. The van der Waals surface area contributed by atoms with Crippen LogP contribution >= 0.6 is 11.3 Å². The molecule has 1 aliphatic carbocycles. The average Bonchev–Trinajstić information content (AvgIpc) is 2.72. The van der Waals surface area contributed by atoms with Crippen LogP contribution in [-0.4, -0.2) is 23.7 Å². The fourth-order valence-corrected chi connectivity index (χ4v) is 2.37. The topological polar surface area (TPSA) is 36.4 Å². The number of hydrogen-bond donors (Lipinski definition) is 1. The molecule has 3 nitrogen and oxygen atoms in total. The van der Waals surface area contributed by atoms with Crippen LogP contribution in [-0.2, 0) is 6.61 Å². The third kappa shape index (κ3) is 2.07. The second kappa shape index (κ2) is 3.87. The van der Waals surface area contributed by atoms with Crippen molar-refractivity contribution in [3.63, 3.8) is 0 Å². The summed E-state index contributed by atoms with van der Waals surface area (Å²) in [5, 5.41) is 9.94. The Hall–Kier alpha value is -0.610. The first-order chi connectivity index (χ1) is 6.70. The van der Waals surface area contributed by atoms with Gasteiger partial charge in [-0.1, -0.05) is 18.3 Å². The molecule has 2 atom stereocenters. The zero-order chi connectivity index (χ0) is 10.1. The second-order valence-electron chi connectivity index (χ2n) is 4.12. The molecule has 0 amide bonds. The van der Waals surface area contributed by atoms with Gasteiger partial charge in [0.1, 0.15) is 0 Å². The van der Waals surface area contributed by atoms with E-state index in [2.05, 4.69) is 23.9 Å². The lowest BCUT2D eigenvalue weighted by Gasteiger charge is -2.14. The van der Waals surface area contributed by atoms with Crippen molar-refractivity contribution in [3.8, 4) is 0 Å². The molecule has 0 aromatic carbocycles. The summed E-state index contributed by atoms with van der Waals surface area (Å²) in [6.45, 7) is 3.49. The van der Waals surface area contributed by atoms with E-state index >= 15 is 0 Å². The summed E-state index contributed by atoms with van der Waals surface area (Å²) >= 11 is 1.58. The van der Waals surface area contributed by atoms with Crippen molar-refractivity contribution in [1.29, 1.82) is 0 Å². The lowest BCUT2D eigenvalue weighted by atomic mass is 10.3. The van der Waals surface area contributed by atoms with Gasteiger partial charge in [-0.05, 0) is 18.3 Å². The minimum absolute atomic E-state index is 0.103. The summed E-state index contributed by atoms with van der Waals surface area (Å²) in [6, 6.07) is 0. The number of hydrogen-bond acceptors (Lipinski definition) is 4. The van der Waals surface area contributed by atoms with Crippen LogP contribution in [0.25, 0.3) is 0 Å². The molecule has 1 aromatic heterocycles. The fourth-order valence-electron chi connectivity index (χ4n) is 1.63. The molecule has 78 valence electrons. The van der Waals surface area contributed by atoms with E-state index in [1.165, 1.54) is 6.42 Å². The number of thiazole rings is 1. The lowest BCUT2D eigenvalue weighted by Crippen LogP contribution is -2.20. The van der Waals surface area contributed by atoms with Gasteiger partial charge in [0.25, 0.3) is 0 Å².